The molecule has 0 fully saturated rings. The molecule has 402 valence electrons. The number of aromatic nitrogens is 3. The second kappa shape index (κ2) is 20.2. The van der Waals surface area contributed by atoms with Crippen LogP contribution >= 0.6 is 30.1 Å². The van der Waals surface area contributed by atoms with E-state index in [1.54, 1.807) is 0 Å². The fraction of sp³-hybridized carbons (Fsp3) is 0. The zero-order valence-electron chi connectivity index (χ0n) is 45.2. The monoisotopic (exact) mass is 1140 g/mol. The molecule has 0 amide bonds. The molecule has 0 spiro atoms. The maximum absolute atomic E-state index is 7.34. The van der Waals surface area contributed by atoms with Crippen molar-refractivity contribution in [2.45, 2.75) is 58.7 Å². The number of benzene rings is 12. The Morgan fingerprint density at radius 2 is 0.393 bits per heavy atom. The summed E-state index contributed by atoms with van der Waals surface area (Å²) >= 11 is 0. The quantitative estimate of drug-likeness (QED) is 0.143. The van der Waals surface area contributed by atoms with Crippen molar-refractivity contribution in [2.24, 2.45) is 0 Å². The first kappa shape index (κ1) is 49.9. The molecule has 1 aromatic heterocycles. The maximum atomic E-state index is 7.34. The summed E-state index contributed by atoms with van der Waals surface area (Å²) in [6.45, 7) is 0. The Labute approximate surface area is 492 Å². The summed E-state index contributed by atoms with van der Waals surface area (Å²) in [5, 5.41) is 0. The van der Waals surface area contributed by atoms with E-state index in [9.17, 15) is 0 Å². The van der Waals surface area contributed by atoms with Crippen molar-refractivity contribution < 1.29 is 14.2 Å². The Morgan fingerprint density at radius 1 is 0.190 bits per heavy atom. The molecule has 3 aliphatic rings. The molecule has 0 unspecified atom stereocenters. The van der Waals surface area contributed by atoms with Crippen LogP contribution in [0.5, 0.6) is 34.5 Å². The zero-order chi connectivity index (χ0) is 55.7. The molecule has 0 radical (unpaired) electrons. The largest absolute Gasteiger partial charge is 0.454 e. The minimum Gasteiger partial charge on any atom is -0.454 e. The first-order valence-electron chi connectivity index (χ1n) is 27.9. The third kappa shape index (κ3) is 7.46. The van der Waals surface area contributed by atoms with E-state index in [1.807, 2.05) is 0 Å². The molecule has 0 saturated carbocycles. The molecule has 13 aromatic rings. The van der Waals surface area contributed by atoms with Crippen LogP contribution in [-0.2, 0) is 0 Å². The highest BCUT2D eigenvalue weighted by Gasteiger charge is 2.46. The molecular weight excluding hydrogens is 1090 g/mol. The molecule has 0 bridgehead atoms. The lowest BCUT2D eigenvalue weighted by Gasteiger charge is -2.46. The fourth-order valence-electron chi connectivity index (χ4n) is 12.6. The summed E-state index contributed by atoms with van der Waals surface area (Å²) in [7, 11) is -6.52. The van der Waals surface area contributed by atoms with Crippen molar-refractivity contribution in [1.29, 1.82) is 0 Å². The van der Waals surface area contributed by atoms with Gasteiger partial charge in [0.2, 0.25) is 0 Å². The number of nitrogens with zero attached hydrogens (tertiary/aromatic N) is 3. The summed E-state index contributed by atoms with van der Waals surface area (Å²) in [6.07, 6.45) is 0. The van der Waals surface area contributed by atoms with Crippen LogP contribution < -0.4 is 14.2 Å². The summed E-state index contributed by atoms with van der Waals surface area (Å²) in [6, 6.07) is 110. The van der Waals surface area contributed by atoms with Gasteiger partial charge in [0.15, 0.2) is 34.7 Å². The van der Waals surface area contributed by atoms with E-state index in [0.29, 0.717) is 34.7 Å². The number of hydrogen-bond donors (Lipinski definition) is 0. The molecule has 0 atom stereocenters. The van der Waals surface area contributed by atoms with Crippen LogP contribution in [0.15, 0.2) is 368 Å². The molecular formula is C75H51N3O3S3. The number of ether oxygens (including phenoxy) is 3. The van der Waals surface area contributed by atoms with Crippen molar-refractivity contribution in [3.63, 3.8) is 0 Å². The van der Waals surface area contributed by atoms with Crippen LogP contribution in [0.3, 0.4) is 0 Å². The van der Waals surface area contributed by atoms with Gasteiger partial charge in [-0.1, -0.05) is 164 Å². The van der Waals surface area contributed by atoms with Crippen molar-refractivity contribution in [1.82, 2.24) is 15.0 Å². The Bertz CT molecular complexity index is 4050. The average molecular weight is 1140 g/mol. The highest BCUT2D eigenvalue weighted by atomic mass is 32.3. The van der Waals surface area contributed by atoms with E-state index in [1.165, 1.54) is 29.4 Å². The third-order valence-corrected chi connectivity index (χ3v) is 27.8. The van der Waals surface area contributed by atoms with E-state index >= 15 is 0 Å². The lowest BCUT2D eigenvalue weighted by Crippen LogP contribution is -2.14. The lowest BCUT2D eigenvalue weighted by atomic mass is 10.1. The van der Waals surface area contributed by atoms with Gasteiger partial charge in [-0.05, 0) is 146 Å². The predicted octanol–water partition coefficient (Wildman–Crippen LogP) is 21.2. The molecule has 12 aromatic carbocycles. The number of fused-ring (bicyclic) bond motifs is 6. The predicted molar refractivity (Wildman–Crippen MR) is 336 cm³/mol. The Morgan fingerprint density at radius 3 is 0.631 bits per heavy atom. The van der Waals surface area contributed by atoms with Gasteiger partial charge in [-0.15, -0.1) is 30.1 Å². The van der Waals surface area contributed by atoms with E-state index in [2.05, 4.69) is 309 Å². The van der Waals surface area contributed by atoms with Crippen LogP contribution in [0.2, 0.25) is 0 Å². The van der Waals surface area contributed by atoms with Gasteiger partial charge in [0, 0.05) is 58.7 Å². The minimum atomic E-state index is -2.17. The third-order valence-electron chi connectivity index (χ3n) is 16.0. The summed E-state index contributed by atoms with van der Waals surface area (Å²) in [4.78, 5) is 30.7. The summed E-state index contributed by atoms with van der Waals surface area (Å²) in [5.41, 5.74) is 2.18. The normalized spacial score (nSPS) is 15.4. The van der Waals surface area contributed by atoms with Gasteiger partial charge in [0.25, 0.3) is 0 Å². The van der Waals surface area contributed by atoms with Gasteiger partial charge in [0.05, 0.1) is 16.7 Å². The van der Waals surface area contributed by atoms with Gasteiger partial charge < -0.3 is 14.2 Å². The van der Waals surface area contributed by atoms with Gasteiger partial charge in [0.1, 0.15) is 17.2 Å². The standard InChI is InChI=1S/C75H51N3O3S3/c1-7-28-52(29-8-1)82(53-30-9-2-10-31-53)64-46-22-19-43-61(64)79-70-58(40-25-49-67(70)82)73-76-74(59-41-26-50-68-71(59)80-62-44-20-23-47-65(62)83(68,54-32-11-3-12-33-54)55-34-13-4-14-35-55)78-75(77-73)60-42-27-51-69-72(60)81-63-45-21-24-48-66(63)84(69,56-36-15-5-16-37-56)57-38-17-6-18-39-57/h1-51H. The van der Waals surface area contributed by atoms with Crippen molar-refractivity contribution in [3.05, 3.63) is 309 Å². The Kier molecular flexibility index (Phi) is 12.0. The highest BCUT2D eigenvalue weighted by molar-refractivity contribution is 8.34. The van der Waals surface area contributed by atoms with Gasteiger partial charge in [-0.2, -0.15) is 0 Å². The molecule has 0 saturated heterocycles. The summed E-state index contributed by atoms with van der Waals surface area (Å²) in [5.74, 6) is 5.75. The molecule has 0 N–H and O–H groups in total. The molecule has 16 rings (SSSR count). The Balaban J connectivity index is 1.00. The van der Waals surface area contributed by atoms with Crippen LogP contribution in [0.25, 0.3) is 34.2 Å². The van der Waals surface area contributed by atoms with Gasteiger partial charge >= 0.3 is 0 Å². The zero-order valence-corrected chi connectivity index (χ0v) is 47.7. The SMILES string of the molecule is c1ccc(S2(c3ccccc3)c3ccccc3Oc3c(-c4nc(-c5cccc6c5Oc5ccccc5S6(c5ccccc5)c5ccccc5)nc(-c5cccc6c5Oc5ccccc5S6(c5ccccc5)c5ccccc5)n4)cccc32)cc1. The van der Waals surface area contributed by atoms with Crippen LogP contribution in [0, 0.1) is 0 Å². The van der Waals surface area contributed by atoms with E-state index < -0.39 is 30.1 Å². The second-order valence-electron chi connectivity index (χ2n) is 20.6. The fourth-order valence-corrected chi connectivity index (χ4v) is 24.8. The van der Waals surface area contributed by atoms with Crippen LogP contribution in [0.4, 0.5) is 0 Å². The van der Waals surface area contributed by atoms with E-state index in [4.69, 9.17) is 29.2 Å². The average Bonchev–Trinajstić information content (AvgIpc) is 1.06. The summed E-state index contributed by atoms with van der Waals surface area (Å²) < 4.78 is 22.0. The van der Waals surface area contributed by atoms with Gasteiger partial charge in [-0.3, -0.25) is 0 Å². The van der Waals surface area contributed by atoms with Gasteiger partial charge in [-0.25, -0.2) is 15.0 Å². The molecule has 84 heavy (non-hydrogen) atoms. The van der Waals surface area contributed by atoms with E-state index in [0.717, 1.165) is 63.3 Å². The maximum Gasteiger partial charge on any atom is 0.167 e. The molecule has 3 aliphatic heterocycles. The number of rotatable bonds is 9. The van der Waals surface area contributed by atoms with E-state index in [-0.39, 0.29) is 0 Å². The second-order valence-corrected chi connectivity index (χ2v) is 29.7. The van der Waals surface area contributed by atoms with Crippen molar-refractivity contribution in [3.8, 4) is 68.7 Å². The molecule has 0 aliphatic carbocycles. The van der Waals surface area contributed by atoms with Crippen LogP contribution in [0.1, 0.15) is 0 Å². The van der Waals surface area contributed by atoms with Crippen LogP contribution in [-0.4, -0.2) is 15.0 Å². The topological polar surface area (TPSA) is 66.4 Å². The van der Waals surface area contributed by atoms with Crippen molar-refractivity contribution >= 4 is 30.1 Å². The minimum absolute atomic E-state index is 0.442. The Hall–Kier alpha value is -9.90. The molecule has 9 heteroatoms. The highest BCUT2D eigenvalue weighted by Crippen LogP contribution is 2.82. The smallest absolute Gasteiger partial charge is 0.167 e. The molecule has 4 heterocycles. The molecule has 6 nitrogen and oxygen atoms in total. The first-order valence-corrected chi connectivity index (χ1v) is 32.8. The number of hydrogen-bond acceptors (Lipinski definition) is 6. The van der Waals surface area contributed by atoms with Crippen molar-refractivity contribution in [2.75, 3.05) is 0 Å². The lowest BCUT2D eigenvalue weighted by molar-refractivity contribution is 0.453. The first-order chi connectivity index (χ1) is 41.7. The number of para-hydroxylation sites is 6.